The molecular weight excluding hydrogens is 515 g/mol. The van der Waals surface area contributed by atoms with Crippen molar-refractivity contribution in [3.8, 4) is 0 Å². The van der Waals surface area contributed by atoms with Crippen molar-refractivity contribution in [3.63, 3.8) is 0 Å². The summed E-state index contributed by atoms with van der Waals surface area (Å²) >= 11 is 0. The van der Waals surface area contributed by atoms with Gasteiger partial charge in [-0.3, -0.25) is 0 Å². The van der Waals surface area contributed by atoms with E-state index in [9.17, 15) is 35.5 Å². The minimum atomic E-state index is -4.93. The molecule has 1 aliphatic rings. The summed E-state index contributed by atoms with van der Waals surface area (Å²) in [4.78, 5) is 14.5. The van der Waals surface area contributed by atoms with Gasteiger partial charge in [-0.15, -0.1) is 12.4 Å². The van der Waals surface area contributed by atoms with E-state index in [2.05, 4.69) is 10.6 Å². The Morgan fingerprint density at radius 3 is 2.17 bits per heavy atom. The van der Waals surface area contributed by atoms with E-state index < -0.39 is 35.3 Å². The zero-order valence-corrected chi connectivity index (χ0v) is 20.4. The summed E-state index contributed by atoms with van der Waals surface area (Å²) in [5.41, 5.74) is -1.53. The quantitative estimate of drug-likeness (QED) is 0.438. The molecular formula is C24H27ClF7N3O. The predicted octanol–water partition coefficient (Wildman–Crippen LogP) is 6.27. The number of benzene rings is 2. The van der Waals surface area contributed by atoms with Crippen molar-refractivity contribution in [1.82, 2.24) is 15.5 Å². The molecule has 2 aromatic rings. The van der Waals surface area contributed by atoms with E-state index in [0.29, 0.717) is 37.1 Å². The molecule has 2 atom stereocenters. The number of urea groups is 1. The molecule has 2 N–H and O–H groups in total. The average Bonchev–Trinajstić information content (AvgIpc) is 2.77. The summed E-state index contributed by atoms with van der Waals surface area (Å²) in [7, 11) is 1.80. The minimum Gasteiger partial charge on any atom is -0.338 e. The smallest absolute Gasteiger partial charge is 0.338 e. The van der Waals surface area contributed by atoms with Crippen LogP contribution in [0.25, 0.3) is 0 Å². The number of hydrogen-bond acceptors (Lipinski definition) is 2. The van der Waals surface area contributed by atoms with Crippen LogP contribution in [0.5, 0.6) is 0 Å². The lowest BCUT2D eigenvalue weighted by molar-refractivity contribution is -0.143. The van der Waals surface area contributed by atoms with Crippen LogP contribution in [0.15, 0.2) is 36.4 Å². The molecule has 2 aromatic carbocycles. The summed E-state index contributed by atoms with van der Waals surface area (Å²) in [6.07, 6.45) is -8.86. The minimum absolute atomic E-state index is 0. The predicted molar refractivity (Wildman–Crippen MR) is 123 cm³/mol. The van der Waals surface area contributed by atoms with Gasteiger partial charge in [0, 0.05) is 19.1 Å². The standard InChI is InChI=1S/C24H26F7N3O.ClH/c1-14-9-18(25)3-4-20(14)21-13-19(32-2)6-8-34(21)22(35)33-7-5-15-10-16(23(26,27)28)12-17(11-15)24(29,30)31;/h3-4,9-12,19,21,32H,5-8,13H2,1-2H3,(H,33,35);1H/t19-,21+;/m0./s1. The monoisotopic (exact) mass is 541 g/mol. The second kappa shape index (κ2) is 11.7. The van der Waals surface area contributed by atoms with Crippen LogP contribution in [-0.4, -0.2) is 37.1 Å². The molecule has 1 aliphatic heterocycles. The van der Waals surface area contributed by atoms with E-state index >= 15 is 0 Å². The first-order valence-electron chi connectivity index (χ1n) is 11.1. The van der Waals surface area contributed by atoms with Crippen LogP contribution < -0.4 is 10.6 Å². The SMILES string of the molecule is CN[C@H]1CCN(C(=O)NCCc2cc(C(F)(F)F)cc(C(F)(F)F)c2)[C@@H](c2ccc(F)cc2C)C1.Cl. The maximum Gasteiger partial charge on any atom is 0.416 e. The van der Waals surface area contributed by atoms with Crippen molar-refractivity contribution < 1.29 is 35.5 Å². The van der Waals surface area contributed by atoms with Crippen LogP contribution in [0, 0.1) is 12.7 Å². The molecule has 0 unspecified atom stereocenters. The fourth-order valence-corrected chi connectivity index (χ4v) is 4.36. The Labute approximate surface area is 210 Å². The lowest BCUT2D eigenvalue weighted by atomic mass is 9.89. The zero-order chi connectivity index (χ0) is 26.0. The number of likely N-dealkylation sites (tertiary alicyclic amines) is 1. The molecule has 0 radical (unpaired) electrons. The van der Waals surface area contributed by atoms with Gasteiger partial charge in [-0.2, -0.15) is 26.3 Å². The van der Waals surface area contributed by atoms with Crippen molar-refractivity contribution in [2.45, 2.75) is 50.6 Å². The first-order valence-corrected chi connectivity index (χ1v) is 11.1. The van der Waals surface area contributed by atoms with Gasteiger partial charge in [-0.05, 0) is 80.3 Å². The molecule has 36 heavy (non-hydrogen) atoms. The molecule has 0 bridgehead atoms. The molecule has 1 saturated heterocycles. The van der Waals surface area contributed by atoms with Gasteiger partial charge in [0.05, 0.1) is 17.2 Å². The maximum absolute atomic E-state index is 13.6. The highest BCUT2D eigenvalue weighted by Crippen LogP contribution is 2.37. The van der Waals surface area contributed by atoms with E-state index in [1.165, 1.54) is 12.1 Å². The summed E-state index contributed by atoms with van der Waals surface area (Å²) in [6.45, 7) is 1.96. The largest absolute Gasteiger partial charge is 0.416 e. The molecule has 1 fully saturated rings. The molecule has 4 nitrogen and oxygen atoms in total. The van der Waals surface area contributed by atoms with Crippen LogP contribution in [0.2, 0.25) is 0 Å². The third-order valence-corrected chi connectivity index (χ3v) is 6.20. The highest BCUT2D eigenvalue weighted by atomic mass is 35.5. The summed E-state index contributed by atoms with van der Waals surface area (Å²) in [6, 6.07) is 4.96. The second-order valence-electron chi connectivity index (χ2n) is 8.62. The average molecular weight is 542 g/mol. The summed E-state index contributed by atoms with van der Waals surface area (Å²) in [5, 5.41) is 5.79. The number of hydrogen-bond donors (Lipinski definition) is 2. The lowest BCUT2D eigenvalue weighted by Crippen LogP contribution is -2.50. The van der Waals surface area contributed by atoms with Crippen LogP contribution in [0.1, 0.15) is 46.7 Å². The van der Waals surface area contributed by atoms with Crippen LogP contribution in [0.4, 0.5) is 35.5 Å². The molecule has 12 heteroatoms. The summed E-state index contributed by atoms with van der Waals surface area (Å²) in [5.74, 6) is -0.400. The van der Waals surface area contributed by atoms with Crippen molar-refractivity contribution in [2.75, 3.05) is 20.1 Å². The normalized spacial score (nSPS) is 18.5. The third-order valence-electron chi connectivity index (χ3n) is 6.20. The van der Waals surface area contributed by atoms with Gasteiger partial charge in [0.15, 0.2) is 0 Å². The van der Waals surface area contributed by atoms with E-state index in [0.717, 1.165) is 5.56 Å². The number of carbonyl (C=O) groups is 1. The Morgan fingerprint density at radius 1 is 1.03 bits per heavy atom. The Bertz CT molecular complexity index is 1030. The number of carbonyl (C=O) groups excluding carboxylic acids is 1. The van der Waals surface area contributed by atoms with Crippen molar-refractivity contribution in [1.29, 1.82) is 0 Å². The number of halogens is 8. The highest BCUT2D eigenvalue weighted by molar-refractivity contribution is 5.85. The van der Waals surface area contributed by atoms with Crippen molar-refractivity contribution in [3.05, 3.63) is 70.0 Å². The van der Waals surface area contributed by atoms with Gasteiger partial charge in [0.1, 0.15) is 5.82 Å². The van der Waals surface area contributed by atoms with E-state index in [4.69, 9.17) is 0 Å². The highest BCUT2D eigenvalue weighted by Gasteiger charge is 2.37. The van der Waals surface area contributed by atoms with Crippen molar-refractivity contribution >= 4 is 18.4 Å². The molecule has 1 heterocycles. The number of nitrogens with zero attached hydrogens (tertiary/aromatic N) is 1. The number of alkyl halides is 6. The Hall–Kier alpha value is -2.53. The van der Waals surface area contributed by atoms with Gasteiger partial charge in [0.25, 0.3) is 0 Å². The number of nitrogens with one attached hydrogen (secondary N) is 2. The van der Waals surface area contributed by atoms with Gasteiger partial charge in [-0.25, -0.2) is 9.18 Å². The van der Waals surface area contributed by atoms with Gasteiger partial charge < -0.3 is 15.5 Å². The Kier molecular flexibility index (Phi) is 9.64. The van der Waals surface area contributed by atoms with Crippen LogP contribution in [-0.2, 0) is 18.8 Å². The zero-order valence-electron chi connectivity index (χ0n) is 19.6. The summed E-state index contributed by atoms with van der Waals surface area (Å²) < 4.78 is 92.1. The van der Waals surface area contributed by atoms with Crippen LogP contribution >= 0.6 is 12.4 Å². The fraction of sp³-hybridized carbons (Fsp3) is 0.458. The van der Waals surface area contributed by atoms with E-state index in [-0.39, 0.29) is 49.1 Å². The van der Waals surface area contributed by atoms with E-state index in [1.54, 1.807) is 24.9 Å². The number of rotatable bonds is 5. The number of aryl methyl sites for hydroxylation is 1. The molecule has 0 saturated carbocycles. The lowest BCUT2D eigenvalue weighted by Gasteiger charge is -2.40. The topological polar surface area (TPSA) is 44.4 Å². The molecule has 200 valence electrons. The van der Waals surface area contributed by atoms with Gasteiger partial charge >= 0.3 is 18.4 Å². The van der Waals surface area contributed by atoms with Crippen molar-refractivity contribution in [2.24, 2.45) is 0 Å². The first kappa shape index (κ1) is 29.7. The van der Waals surface area contributed by atoms with E-state index in [1.807, 2.05) is 0 Å². The molecule has 0 aliphatic carbocycles. The van der Waals surface area contributed by atoms with Crippen LogP contribution in [0.3, 0.4) is 0 Å². The Balaban J connectivity index is 0.00000456. The third kappa shape index (κ3) is 7.25. The molecule has 2 amide bonds. The first-order chi connectivity index (χ1) is 16.3. The molecule has 3 rings (SSSR count). The fourth-order valence-electron chi connectivity index (χ4n) is 4.36. The Morgan fingerprint density at radius 2 is 1.64 bits per heavy atom. The van der Waals surface area contributed by atoms with Gasteiger partial charge in [-0.1, -0.05) is 6.07 Å². The molecule has 0 spiro atoms. The molecule has 0 aromatic heterocycles. The maximum atomic E-state index is 13.6. The van der Waals surface area contributed by atoms with Gasteiger partial charge in [0.2, 0.25) is 0 Å². The second-order valence-corrected chi connectivity index (χ2v) is 8.62. The number of amides is 2. The number of piperidine rings is 1.